The maximum atomic E-state index is 3.58. The van der Waals surface area contributed by atoms with Crippen LogP contribution in [-0.4, -0.2) is 0 Å². The quantitative estimate of drug-likeness (QED) is 0.529. The van der Waals surface area contributed by atoms with Crippen LogP contribution in [0.15, 0.2) is 61.3 Å². The first-order valence-electron chi connectivity index (χ1n) is 4.69. The number of unbranched alkanes of at least 4 members (excludes halogenated alkanes) is 1. The molecule has 0 saturated heterocycles. The SMILES string of the molecule is C=CC=CC=CC=CC=CCCC. The molecule has 0 aromatic rings. The van der Waals surface area contributed by atoms with E-state index in [9.17, 15) is 0 Å². The molecule has 0 unspecified atom stereocenters. The van der Waals surface area contributed by atoms with Crippen LogP contribution in [0.1, 0.15) is 19.8 Å². The molecule has 0 rings (SSSR count). The molecule has 0 nitrogen and oxygen atoms in total. The second-order valence-electron chi connectivity index (χ2n) is 2.61. The first-order chi connectivity index (χ1) is 6.41. The van der Waals surface area contributed by atoms with Crippen LogP contribution in [0, 0.1) is 0 Å². The van der Waals surface area contributed by atoms with Crippen molar-refractivity contribution >= 4 is 0 Å². The highest BCUT2D eigenvalue weighted by atomic mass is 13.7. The van der Waals surface area contributed by atoms with Gasteiger partial charge in [0, 0.05) is 0 Å². The molecule has 13 heavy (non-hydrogen) atoms. The Bertz CT molecular complexity index is 214. The van der Waals surface area contributed by atoms with Crippen molar-refractivity contribution in [3.05, 3.63) is 61.3 Å². The molecule has 70 valence electrons. The van der Waals surface area contributed by atoms with E-state index in [0.29, 0.717) is 0 Å². The molecule has 0 saturated carbocycles. The van der Waals surface area contributed by atoms with Gasteiger partial charge in [0.25, 0.3) is 0 Å². The summed E-state index contributed by atoms with van der Waals surface area (Å²) in [6, 6.07) is 0. The fraction of sp³-hybridized carbons (Fsp3) is 0.231. The number of rotatable bonds is 6. The fourth-order valence-corrected chi connectivity index (χ4v) is 0.741. The maximum absolute atomic E-state index is 3.58. The van der Waals surface area contributed by atoms with E-state index in [4.69, 9.17) is 0 Å². The number of allylic oxidation sites excluding steroid dienone is 9. The van der Waals surface area contributed by atoms with E-state index < -0.39 is 0 Å². The van der Waals surface area contributed by atoms with Crippen molar-refractivity contribution in [1.82, 2.24) is 0 Å². The predicted octanol–water partition coefficient (Wildman–Crippen LogP) is 4.20. The minimum Gasteiger partial charge on any atom is -0.0991 e. The van der Waals surface area contributed by atoms with Crippen molar-refractivity contribution < 1.29 is 0 Å². The van der Waals surface area contributed by atoms with Crippen molar-refractivity contribution in [3.8, 4) is 0 Å². The maximum Gasteiger partial charge on any atom is -0.0350 e. The lowest BCUT2D eigenvalue weighted by atomic mass is 10.3. The Morgan fingerprint density at radius 3 is 1.92 bits per heavy atom. The molecule has 0 aromatic carbocycles. The Morgan fingerprint density at radius 2 is 1.38 bits per heavy atom. The average Bonchev–Trinajstić information content (AvgIpc) is 2.16. The van der Waals surface area contributed by atoms with Gasteiger partial charge < -0.3 is 0 Å². The standard InChI is InChI=1S/C13H18/c1-3-5-7-9-11-13-12-10-8-6-4-2/h3,5,7-13H,1,4,6H2,2H3. The summed E-state index contributed by atoms with van der Waals surface area (Å²) in [6.07, 6.45) is 20.2. The normalized spacial score (nSPS) is 12.7. The van der Waals surface area contributed by atoms with Crippen LogP contribution in [0.25, 0.3) is 0 Å². The molecule has 0 atom stereocenters. The summed E-state index contributed by atoms with van der Waals surface area (Å²) in [5, 5.41) is 0. The second kappa shape index (κ2) is 10.7. The van der Waals surface area contributed by atoms with Crippen LogP contribution in [0.5, 0.6) is 0 Å². The molecule has 0 aliphatic heterocycles. The molecule has 0 N–H and O–H groups in total. The topological polar surface area (TPSA) is 0 Å². The van der Waals surface area contributed by atoms with Gasteiger partial charge in [-0.1, -0.05) is 74.6 Å². The zero-order valence-corrected chi connectivity index (χ0v) is 8.32. The highest BCUT2D eigenvalue weighted by Crippen LogP contribution is 1.89. The zero-order chi connectivity index (χ0) is 9.78. The lowest BCUT2D eigenvalue weighted by Gasteiger charge is -1.79. The lowest BCUT2D eigenvalue weighted by Crippen LogP contribution is -1.58. The van der Waals surface area contributed by atoms with E-state index in [1.807, 2.05) is 36.5 Å². The summed E-state index contributed by atoms with van der Waals surface area (Å²) in [5.74, 6) is 0. The van der Waals surface area contributed by atoms with Gasteiger partial charge in [-0.2, -0.15) is 0 Å². The third-order valence-corrected chi connectivity index (χ3v) is 1.39. The van der Waals surface area contributed by atoms with Gasteiger partial charge in [0.2, 0.25) is 0 Å². The molecule has 0 aliphatic rings. The van der Waals surface area contributed by atoms with Gasteiger partial charge in [-0.3, -0.25) is 0 Å². The predicted molar refractivity (Wildman–Crippen MR) is 61.7 cm³/mol. The molecule has 0 heterocycles. The summed E-state index contributed by atoms with van der Waals surface area (Å²) in [5.41, 5.74) is 0. The van der Waals surface area contributed by atoms with E-state index in [1.54, 1.807) is 6.08 Å². The summed E-state index contributed by atoms with van der Waals surface area (Å²) in [7, 11) is 0. The Morgan fingerprint density at radius 1 is 0.846 bits per heavy atom. The Kier molecular flexibility index (Phi) is 9.63. The van der Waals surface area contributed by atoms with Crippen LogP contribution in [-0.2, 0) is 0 Å². The molecule has 0 radical (unpaired) electrons. The van der Waals surface area contributed by atoms with Gasteiger partial charge >= 0.3 is 0 Å². The van der Waals surface area contributed by atoms with E-state index in [2.05, 4.69) is 25.7 Å². The molecule has 0 aliphatic carbocycles. The molecular formula is C13H18. The summed E-state index contributed by atoms with van der Waals surface area (Å²) >= 11 is 0. The van der Waals surface area contributed by atoms with Gasteiger partial charge in [0.05, 0.1) is 0 Å². The summed E-state index contributed by atoms with van der Waals surface area (Å²) < 4.78 is 0. The van der Waals surface area contributed by atoms with Gasteiger partial charge in [-0.05, 0) is 6.42 Å². The Labute approximate surface area is 81.7 Å². The van der Waals surface area contributed by atoms with E-state index >= 15 is 0 Å². The summed E-state index contributed by atoms with van der Waals surface area (Å²) in [4.78, 5) is 0. The third kappa shape index (κ3) is 10.7. The fourth-order valence-electron chi connectivity index (χ4n) is 0.741. The molecule has 0 bridgehead atoms. The highest BCUT2D eigenvalue weighted by molar-refractivity contribution is 5.17. The number of hydrogen-bond donors (Lipinski definition) is 0. The molecule has 0 spiro atoms. The van der Waals surface area contributed by atoms with Crippen LogP contribution in [0.2, 0.25) is 0 Å². The smallest absolute Gasteiger partial charge is 0.0350 e. The largest absolute Gasteiger partial charge is 0.0991 e. The minimum atomic E-state index is 1.16. The van der Waals surface area contributed by atoms with Gasteiger partial charge in [0.15, 0.2) is 0 Å². The van der Waals surface area contributed by atoms with E-state index in [0.717, 1.165) is 6.42 Å². The van der Waals surface area contributed by atoms with Crippen molar-refractivity contribution in [3.63, 3.8) is 0 Å². The van der Waals surface area contributed by atoms with E-state index in [1.165, 1.54) is 6.42 Å². The van der Waals surface area contributed by atoms with E-state index in [-0.39, 0.29) is 0 Å². The van der Waals surface area contributed by atoms with Crippen molar-refractivity contribution in [2.75, 3.05) is 0 Å². The highest BCUT2D eigenvalue weighted by Gasteiger charge is 1.68. The van der Waals surface area contributed by atoms with Crippen molar-refractivity contribution in [2.24, 2.45) is 0 Å². The Hall–Kier alpha value is -1.30. The van der Waals surface area contributed by atoms with Gasteiger partial charge in [0.1, 0.15) is 0 Å². The molecule has 0 amide bonds. The first kappa shape index (κ1) is 11.7. The monoisotopic (exact) mass is 174 g/mol. The molecule has 0 heteroatoms. The van der Waals surface area contributed by atoms with Crippen molar-refractivity contribution in [2.45, 2.75) is 19.8 Å². The van der Waals surface area contributed by atoms with Crippen LogP contribution in [0.3, 0.4) is 0 Å². The van der Waals surface area contributed by atoms with Crippen molar-refractivity contribution in [1.29, 1.82) is 0 Å². The van der Waals surface area contributed by atoms with Gasteiger partial charge in [-0.15, -0.1) is 0 Å². The lowest BCUT2D eigenvalue weighted by molar-refractivity contribution is 0.959. The first-order valence-corrected chi connectivity index (χ1v) is 4.69. The van der Waals surface area contributed by atoms with Crippen LogP contribution < -0.4 is 0 Å². The van der Waals surface area contributed by atoms with Gasteiger partial charge in [-0.25, -0.2) is 0 Å². The summed E-state index contributed by atoms with van der Waals surface area (Å²) in [6.45, 7) is 5.75. The number of hydrogen-bond acceptors (Lipinski definition) is 0. The van der Waals surface area contributed by atoms with Crippen LogP contribution >= 0.6 is 0 Å². The zero-order valence-electron chi connectivity index (χ0n) is 8.32. The molecular weight excluding hydrogens is 156 g/mol. The minimum absolute atomic E-state index is 1.16. The Balaban J connectivity index is 3.56. The average molecular weight is 174 g/mol. The molecule has 0 aromatic heterocycles. The van der Waals surface area contributed by atoms with Crippen LogP contribution in [0.4, 0.5) is 0 Å². The molecule has 0 fully saturated rings. The second-order valence-corrected chi connectivity index (χ2v) is 2.61. The third-order valence-electron chi connectivity index (χ3n) is 1.39.